The zero-order valence-corrected chi connectivity index (χ0v) is 21.3. The van der Waals surface area contributed by atoms with E-state index >= 15 is 0 Å². The summed E-state index contributed by atoms with van der Waals surface area (Å²) in [7, 11) is 0. The number of amides is 2. The lowest BCUT2D eigenvalue weighted by molar-refractivity contribution is -0.127. The molecule has 0 saturated carbocycles. The van der Waals surface area contributed by atoms with Crippen LogP contribution in [0.4, 0.5) is 0 Å². The van der Waals surface area contributed by atoms with Gasteiger partial charge >= 0.3 is 0 Å². The maximum Gasteiger partial charge on any atom is 0.289 e. The molecule has 190 valence electrons. The third-order valence-electron chi connectivity index (χ3n) is 6.79. The molecule has 2 amide bonds. The minimum Gasteiger partial charge on any atom is -0.493 e. The standard InChI is InChI=1S/C30H30N2O5/c1-4-35-28-21(3)29-24(25(19-37-29)22-9-6-5-7-10-22)18-23(28)20(2)17-27(33)31-12-14-32(15-13-31)30(34)26-11-8-16-36-26/h5-11,16-19H,4,12-15H2,1-3H3/b20-17+. The van der Waals surface area contributed by atoms with Crippen LogP contribution in [0.2, 0.25) is 0 Å². The summed E-state index contributed by atoms with van der Waals surface area (Å²) in [5, 5.41) is 0.979. The van der Waals surface area contributed by atoms with E-state index in [1.165, 1.54) is 6.26 Å². The number of rotatable bonds is 6. The third-order valence-corrected chi connectivity index (χ3v) is 6.79. The van der Waals surface area contributed by atoms with Gasteiger partial charge in [0.1, 0.15) is 11.3 Å². The summed E-state index contributed by atoms with van der Waals surface area (Å²) in [6.07, 6.45) is 4.93. The fraction of sp³-hybridized carbons (Fsp3) is 0.267. The van der Waals surface area contributed by atoms with E-state index in [0.717, 1.165) is 44.5 Å². The van der Waals surface area contributed by atoms with Gasteiger partial charge < -0.3 is 23.4 Å². The van der Waals surface area contributed by atoms with Crippen LogP contribution in [0.5, 0.6) is 5.75 Å². The lowest BCUT2D eigenvalue weighted by Gasteiger charge is -2.34. The van der Waals surface area contributed by atoms with Crippen molar-refractivity contribution in [3.8, 4) is 16.9 Å². The van der Waals surface area contributed by atoms with E-state index in [1.54, 1.807) is 34.3 Å². The number of aryl methyl sites for hydroxylation is 1. The maximum atomic E-state index is 13.2. The molecule has 4 aromatic rings. The van der Waals surface area contributed by atoms with Crippen LogP contribution >= 0.6 is 0 Å². The Morgan fingerprint density at radius 2 is 1.73 bits per heavy atom. The quantitative estimate of drug-likeness (QED) is 0.315. The first-order chi connectivity index (χ1) is 18.0. The van der Waals surface area contributed by atoms with Gasteiger partial charge in [0.2, 0.25) is 5.91 Å². The molecule has 0 bridgehead atoms. The summed E-state index contributed by atoms with van der Waals surface area (Å²) in [6.45, 7) is 8.21. The second-order valence-electron chi connectivity index (χ2n) is 9.13. The average Bonchev–Trinajstić information content (AvgIpc) is 3.61. The van der Waals surface area contributed by atoms with Gasteiger partial charge in [-0.3, -0.25) is 9.59 Å². The zero-order chi connectivity index (χ0) is 25.9. The molecule has 7 heteroatoms. The number of piperazine rings is 1. The molecular formula is C30H30N2O5. The molecule has 2 aromatic heterocycles. The van der Waals surface area contributed by atoms with Gasteiger partial charge in [-0.05, 0) is 50.1 Å². The Morgan fingerprint density at radius 1 is 1.00 bits per heavy atom. The summed E-state index contributed by atoms with van der Waals surface area (Å²) >= 11 is 0. The Hall–Kier alpha value is -4.26. The Labute approximate surface area is 215 Å². The van der Waals surface area contributed by atoms with Gasteiger partial charge in [0.25, 0.3) is 5.91 Å². The number of carbonyl (C=O) groups is 2. The van der Waals surface area contributed by atoms with Gasteiger partial charge in [-0.25, -0.2) is 0 Å². The summed E-state index contributed by atoms with van der Waals surface area (Å²) in [4.78, 5) is 29.2. The number of fused-ring (bicyclic) bond motifs is 1. The van der Waals surface area contributed by atoms with Crippen molar-refractivity contribution in [3.05, 3.63) is 84.0 Å². The molecule has 0 aliphatic carbocycles. The molecule has 0 radical (unpaired) electrons. The molecular weight excluding hydrogens is 468 g/mol. The minimum absolute atomic E-state index is 0.0849. The number of ether oxygens (including phenoxy) is 1. The van der Waals surface area contributed by atoms with Crippen molar-refractivity contribution >= 4 is 28.4 Å². The predicted molar refractivity (Wildman–Crippen MR) is 142 cm³/mol. The molecule has 0 spiro atoms. The minimum atomic E-state index is -0.150. The maximum absolute atomic E-state index is 13.2. The van der Waals surface area contributed by atoms with Crippen molar-refractivity contribution in [2.45, 2.75) is 20.8 Å². The van der Waals surface area contributed by atoms with Crippen molar-refractivity contribution in [1.29, 1.82) is 0 Å². The first-order valence-electron chi connectivity index (χ1n) is 12.5. The number of nitrogens with zero attached hydrogens (tertiary/aromatic N) is 2. The molecule has 2 aromatic carbocycles. The molecule has 0 N–H and O–H groups in total. The first kappa shape index (κ1) is 24.4. The predicted octanol–water partition coefficient (Wildman–Crippen LogP) is 5.79. The summed E-state index contributed by atoms with van der Waals surface area (Å²) in [5.74, 6) is 0.805. The second-order valence-corrected chi connectivity index (χ2v) is 9.13. The molecule has 1 fully saturated rings. The number of carbonyl (C=O) groups excluding carboxylic acids is 2. The lowest BCUT2D eigenvalue weighted by Crippen LogP contribution is -2.50. The van der Waals surface area contributed by atoms with Gasteiger partial charge in [-0.2, -0.15) is 0 Å². The molecule has 1 aliphatic heterocycles. The van der Waals surface area contributed by atoms with E-state index < -0.39 is 0 Å². The first-order valence-corrected chi connectivity index (χ1v) is 12.5. The SMILES string of the molecule is CCOc1c(/C(C)=C/C(=O)N2CCN(C(=O)c3ccco3)CC2)cc2c(-c3ccccc3)coc2c1C. The lowest BCUT2D eigenvalue weighted by atomic mass is 9.96. The molecule has 0 atom stereocenters. The van der Waals surface area contributed by atoms with Gasteiger partial charge in [0.05, 0.1) is 19.1 Å². The molecule has 1 saturated heterocycles. The largest absolute Gasteiger partial charge is 0.493 e. The van der Waals surface area contributed by atoms with E-state index in [9.17, 15) is 9.59 Å². The molecule has 3 heterocycles. The highest BCUT2D eigenvalue weighted by Crippen LogP contribution is 2.40. The average molecular weight is 499 g/mol. The van der Waals surface area contributed by atoms with Crippen LogP contribution in [0, 0.1) is 6.92 Å². The third kappa shape index (κ3) is 4.77. The van der Waals surface area contributed by atoms with Gasteiger partial charge in [0, 0.05) is 54.3 Å². The second kappa shape index (κ2) is 10.4. The number of hydrogen-bond acceptors (Lipinski definition) is 5. The van der Waals surface area contributed by atoms with Crippen LogP contribution in [-0.4, -0.2) is 54.4 Å². The van der Waals surface area contributed by atoms with Crippen LogP contribution < -0.4 is 4.74 Å². The fourth-order valence-electron chi connectivity index (χ4n) is 4.82. The summed E-state index contributed by atoms with van der Waals surface area (Å²) in [6, 6.07) is 15.5. The Balaban J connectivity index is 1.41. The Kier molecular flexibility index (Phi) is 6.86. The topological polar surface area (TPSA) is 76.1 Å². The van der Waals surface area contributed by atoms with E-state index in [-0.39, 0.29) is 11.8 Å². The molecule has 5 rings (SSSR count). The number of benzene rings is 2. The van der Waals surface area contributed by atoms with Crippen molar-refractivity contribution < 1.29 is 23.2 Å². The highest BCUT2D eigenvalue weighted by atomic mass is 16.5. The number of furan rings is 2. The van der Waals surface area contributed by atoms with Crippen LogP contribution in [-0.2, 0) is 4.79 Å². The van der Waals surface area contributed by atoms with Crippen LogP contribution in [0.25, 0.3) is 27.7 Å². The van der Waals surface area contributed by atoms with Crippen molar-refractivity contribution in [3.63, 3.8) is 0 Å². The summed E-state index contributed by atoms with van der Waals surface area (Å²) < 4.78 is 17.2. The molecule has 7 nitrogen and oxygen atoms in total. The molecule has 1 aliphatic rings. The van der Waals surface area contributed by atoms with E-state index in [2.05, 4.69) is 18.2 Å². The van der Waals surface area contributed by atoms with Crippen LogP contribution in [0.15, 0.2) is 76.0 Å². The number of allylic oxidation sites excluding steroid dienone is 1. The Morgan fingerprint density at radius 3 is 2.41 bits per heavy atom. The van der Waals surface area contributed by atoms with E-state index in [0.29, 0.717) is 38.5 Å². The van der Waals surface area contributed by atoms with Crippen molar-refractivity contribution in [1.82, 2.24) is 9.80 Å². The van der Waals surface area contributed by atoms with Gasteiger partial charge in [-0.1, -0.05) is 30.3 Å². The molecule has 0 unspecified atom stereocenters. The smallest absolute Gasteiger partial charge is 0.289 e. The number of hydrogen-bond donors (Lipinski definition) is 0. The van der Waals surface area contributed by atoms with E-state index in [4.69, 9.17) is 13.6 Å². The normalized spacial score (nSPS) is 14.3. The highest BCUT2D eigenvalue weighted by molar-refractivity contribution is 6.02. The monoisotopic (exact) mass is 498 g/mol. The van der Waals surface area contributed by atoms with Crippen molar-refractivity contribution in [2.75, 3.05) is 32.8 Å². The highest BCUT2D eigenvalue weighted by Gasteiger charge is 2.26. The Bertz CT molecular complexity index is 1440. The van der Waals surface area contributed by atoms with Crippen molar-refractivity contribution in [2.24, 2.45) is 0 Å². The molecule has 37 heavy (non-hydrogen) atoms. The van der Waals surface area contributed by atoms with E-state index in [1.807, 2.05) is 39.0 Å². The fourth-order valence-corrected chi connectivity index (χ4v) is 4.82. The van der Waals surface area contributed by atoms with Gasteiger partial charge in [-0.15, -0.1) is 0 Å². The summed E-state index contributed by atoms with van der Waals surface area (Å²) in [5.41, 5.74) is 5.43. The zero-order valence-electron chi connectivity index (χ0n) is 21.3. The van der Waals surface area contributed by atoms with Gasteiger partial charge in [0.15, 0.2) is 5.76 Å². The van der Waals surface area contributed by atoms with Crippen LogP contribution in [0.3, 0.4) is 0 Å². The van der Waals surface area contributed by atoms with Crippen LogP contribution in [0.1, 0.15) is 35.5 Å².